The van der Waals surface area contributed by atoms with Crippen LogP contribution in [0.1, 0.15) is 11.1 Å². The van der Waals surface area contributed by atoms with Crippen molar-refractivity contribution >= 4 is 23.1 Å². The van der Waals surface area contributed by atoms with Crippen molar-refractivity contribution in [2.24, 2.45) is 0 Å². The third-order valence-corrected chi connectivity index (χ3v) is 3.90. The fourth-order valence-corrected chi connectivity index (χ4v) is 2.83. The highest BCUT2D eigenvalue weighted by Gasteiger charge is 2.44. The van der Waals surface area contributed by atoms with Crippen molar-refractivity contribution in [3.8, 4) is 5.75 Å². The Morgan fingerprint density at radius 1 is 0.750 bits per heavy atom. The third-order valence-electron chi connectivity index (χ3n) is 3.90. The molecule has 118 valence electrons. The van der Waals surface area contributed by atoms with Gasteiger partial charge in [-0.3, -0.25) is 0 Å². The number of fused-ring (bicyclic) bond motifs is 1. The number of benzene rings is 2. The molecule has 0 atom stereocenters. The molecule has 2 aliphatic heterocycles. The lowest BCUT2D eigenvalue weighted by Gasteiger charge is -2.07. The number of carbonyl (C=O) groups is 2. The summed E-state index contributed by atoms with van der Waals surface area (Å²) in [4.78, 5) is 24.7. The van der Waals surface area contributed by atoms with Crippen molar-refractivity contribution in [3.05, 3.63) is 77.2 Å². The molecule has 0 fully saturated rings. The molecule has 0 radical (unpaired) electrons. The summed E-state index contributed by atoms with van der Waals surface area (Å²) in [7, 11) is 1.51. The molecule has 0 saturated carbocycles. The van der Waals surface area contributed by atoms with E-state index in [-0.39, 0.29) is 22.7 Å². The van der Waals surface area contributed by atoms with Crippen LogP contribution in [0.5, 0.6) is 5.75 Å². The molecule has 4 rings (SSSR count). The van der Waals surface area contributed by atoms with E-state index in [1.807, 2.05) is 6.07 Å². The van der Waals surface area contributed by atoms with Gasteiger partial charge in [-0.2, -0.15) is 0 Å². The van der Waals surface area contributed by atoms with Crippen LogP contribution in [-0.4, -0.2) is 19.0 Å². The van der Waals surface area contributed by atoms with E-state index in [0.717, 1.165) is 0 Å². The zero-order chi connectivity index (χ0) is 16.7. The van der Waals surface area contributed by atoms with Crippen LogP contribution in [0.3, 0.4) is 0 Å². The summed E-state index contributed by atoms with van der Waals surface area (Å²) >= 11 is 0. The standard InChI is InChI=1S/C19H12O5/c1-22-13-10-6-5-9-12(13)15-17-16(23-19(15)21)14(18(20)24-17)11-7-3-2-4-8-11/h2-10H,1H3. The van der Waals surface area contributed by atoms with Crippen LogP contribution in [0.4, 0.5) is 0 Å². The Hall–Kier alpha value is -3.34. The molecule has 2 aliphatic rings. The normalized spacial score (nSPS) is 16.2. The summed E-state index contributed by atoms with van der Waals surface area (Å²) in [5.74, 6) is -0.288. The van der Waals surface area contributed by atoms with Gasteiger partial charge in [0.25, 0.3) is 0 Å². The van der Waals surface area contributed by atoms with Crippen molar-refractivity contribution in [1.82, 2.24) is 0 Å². The summed E-state index contributed by atoms with van der Waals surface area (Å²) in [5, 5.41) is 0. The maximum Gasteiger partial charge on any atom is 0.348 e. The largest absolute Gasteiger partial charge is 0.496 e. The molecule has 24 heavy (non-hydrogen) atoms. The van der Waals surface area contributed by atoms with Crippen LogP contribution in [0.25, 0.3) is 11.1 Å². The van der Waals surface area contributed by atoms with Crippen LogP contribution in [0.15, 0.2) is 66.1 Å². The molecule has 0 N–H and O–H groups in total. The predicted octanol–water partition coefficient (Wildman–Crippen LogP) is 2.93. The van der Waals surface area contributed by atoms with Crippen molar-refractivity contribution in [2.75, 3.05) is 7.11 Å². The van der Waals surface area contributed by atoms with E-state index < -0.39 is 11.9 Å². The van der Waals surface area contributed by atoms with E-state index in [2.05, 4.69) is 0 Å². The molecule has 0 amide bonds. The molecule has 2 aromatic rings. The highest BCUT2D eigenvalue weighted by molar-refractivity contribution is 6.29. The van der Waals surface area contributed by atoms with E-state index in [0.29, 0.717) is 16.9 Å². The zero-order valence-electron chi connectivity index (χ0n) is 12.7. The highest BCUT2D eigenvalue weighted by atomic mass is 16.6. The first kappa shape index (κ1) is 14.3. The monoisotopic (exact) mass is 320 g/mol. The second-order valence-electron chi connectivity index (χ2n) is 5.25. The van der Waals surface area contributed by atoms with Gasteiger partial charge >= 0.3 is 11.9 Å². The van der Waals surface area contributed by atoms with Gasteiger partial charge in [-0.05, 0) is 11.6 Å². The maximum atomic E-state index is 12.4. The highest BCUT2D eigenvalue weighted by Crippen LogP contribution is 2.44. The second kappa shape index (κ2) is 5.38. The Labute approximate surface area is 137 Å². The number of methoxy groups -OCH3 is 1. The van der Waals surface area contributed by atoms with Crippen molar-refractivity contribution in [3.63, 3.8) is 0 Å². The Morgan fingerprint density at radius 3 is 2.04 bits per heavy atom. The second-order valence-corrected chi connectivity index (χ2v) is 5.25. The van der Waals surface area contributed by atoms with Gasteiger partial charge in [-0.25, -0.2) is 9.59 Å². The van der Waals surface area contributed by atoms with Gasteiger partial charge < -0.3 is 14.2 Å². The number of ether oxygens (including phenoxy) is 3. The zero-order valence-corrected chi connectivity index (χ0v) is 12.7. The Morgan fingerprint density at radius 2 is 1.33 bits per heavy atom. The van der Waals surface area contributed by atoms with Crippen LogP contribution in [0, 0.1) is 0 Å². The summed E-state index contributed by atoms with van der Waals surface area (Å²) in [5.41, 5.74) is 1.62. The number of hydrogen-bond donors (Lipinski definition) is 0. The Balaban J connectivity index is 1.93. The Bertz CT molecular complexity index is 922. The maximum absolute atomic E-state index is 12.4. The topological polar surface area (TPSA) is 61.8 Å². The van der Waals surface area contributed by atoms with E-state index in [9.17, 15) is 9.59 Å². The first-order chi connectivity index (χ1) is 11.7. The minimum atomic E-state index is -0.564. The summed E-state index contributed by atoms with van der Waals surface area (Å²) in [6.07, 6.45) is 0. The molecular formula is C19H12O5. The fraction of sp³-hybridized carbons (Fsp3) is 0.0526. The molecule has 5 nitrogen and oxygen atoms in total. The number of carbonyl (C=O) groups excluding carboxylic acids is 2. The molecule has 5 heteroatoms. The summed E-state index contributed by atoms with van der Waals surface area (Å²) in [6, 6.07) is 16.0. The minimum Gasteiger partial charge on any atom is -0.496 e. The van der Waals surface area contributed by atoms with Crippen LogP contribution in [0.2, 0.25) is 0 Å². The number of hydrogen-bond acceptors (Lipinski definition) is 5. The molecule has 0 aromatic heterocycles. The lowest BCUT2D eigenvalue weighted by atomic mass is 10.0. The number of esters is 2. The molecule has 2 aromatic carbocycles. The SMILES string of the molecule is COc1ccccc1C1=C2OC(=O)C(c3ccccc3)=C2OC1=O. The van der Waals surface area contributed by atoms with Gasteiger partial charge in [0, 0.05) is 5.56 Å². The summed E-state index contributed by atoms with van der Waals surface area (Å²) < 4.78 is 16.0. The van der Waals surface area contributed by atoms with Crippen LogP contribution >= 0.6 is 0 Å². The van der Waals surface area contributed by atoms with Crippen LogP contribution in [-0.2, 0) is 19.1 Å². The molecule has 0 bridgehead atoms. The predicted molar refractivity (Wildman–Crippen MR) is 85.5 cm³/mol. The van der Waals surface area contributed by atoms with E-state index in [1.54, 1.807) is 48.5 Å². The first-order valence-corrected chi connectivity index (χ1v) is 7.33. The van der Waals surface area contributed by atoms with E-state index in [1.165, 1.54) is 7.11 Å². The van der Waals surface area contributed by atoms with E-state index >= 15 is 0 Å². The van der Waals surface area contributed by atoms with Gasteiger partial charge in [0.05, 0.1) is 7.11 Å². The van der Waals surface area contributed by atoms with Gasteiger partial charge in [0.2, 0.25) is 0 Å². The Kier molecular flexibility index (Phi) is 3.20. The lowest BCUT2D eigenvalue weighted by Crippen LogP contribution is -2.05. The van der Waals surface area contributed by atoms with Crippen molar-refractivity contribution in [1.29, 1.82) is 0 Å². The van der Waals surface area contributed by atoms with Gasteiger partial charge in [-0.15, -0.1) is 0 Å². The lowest BCUT2D eigenvalue weighted by molar-refractivity contribution is -0.131. The minimum absolute atomic E-state index is 0.147. The van der Waals surface area contributed by atoms with Crippen molar-refractivity contribution < 1.29 is 23.8 Å². The molecule has 0 aliphatic carbocycles. The number of rotatable bonds is 3. The van der Waals surface area contributed by atoms with Crippen LogP contribution < -0.4 is 4.74 Å². The molecule has 0 spiro atoms. The number of para-hydroxylation sites is 1. The molecule has 2 heterocycles. The average Bonchev–Trinajstić information content (AvgIpc) is 3.08. The summed E-state index contributed by atoms with van der Waals surface area (Å²) in [6.45, 7) is 0. The quantitative estimate of drug-likeness (QED) is 0.814. The van der Waals surface area contributed by atoms with Crippen molar-refractivity contribution in [2.45, 2.75) is 0 Å². The van der Waals surface area contributed by atoms with Gasteiger partial charge in [-0.1, -0.05) is 48.5 Å². The molecule has 0 saturated heterocycles. The van der Waals surface area contributed by atoms with Gasteiger partial charge in [0.1, 0.15) is 16.9 Å². The van der Waals surface area contributed by atoms with E-state index in [4.69, 9.17) is 14.2 Å². The third kappa shape index (κ3) is 2.02. The molecular weight excluding hydrogens is 308 g/mol. The smallest absolute Gasteiger partial charge is 0.348 e. The molecule has 0 unspecified atom stereocenters. The average molecular weight is 320 g/mol. The first-order valence-electron chi connectivity index (χ1n) is 7.33. The fourth-order valence-electron chi connectivity index (χ4n) is 2.83. The van der Waals surface area contributed by atoms with Gasteiger partial charge in [0.15, 0.2) is 11.5 Å².